The first-order valence-electron chi connectivity index (χ1n) is 11.5. The van der Waals surface area contributed by atoms with E-state index < -0.39 is 7.14 Å². The second kappa shape index (κ2) is 8.53. The van der Waals surface area contributed by atoms with Gasteiger partial charge in [-0.05, 0) is 75.5 Å². The van der Waals surface area contributed by atoms with Crippen LogP contribution in [0.2, 0.25) is 0 Å². The Morgan fingerprint density at radius 1 is 1.12 bits per heavy atom. The predicted octanol–water partition coefficient (Wildman–Crippen LogP) is 3.80. The molecule has 5 rings (SSSR count). The number of aromatic nitrogens is 4. The van der Waals surface area contributed by atoms with Crippen LogP contribution in [0.15, 0.2) is 53.5 Å². The van der Waals surface area contributed by atoms with Gasteiger partial charge in [0.25, 0.3) is 5.56 Å². The maximum absolute atomic E-state index is 13.3. The van der Waals surface area contributed by atoms with Gasteiger partial charge in [0.2, 0.25) is 5.95 Å². The minimum absolute atomic E-state index is 0.105. The quantitative estimate of drug-likeness (QED) is 0.426. The van der Waals surface area contributed by atoms with Crippen molar-refractivity contribution in [3.05, 3.63) is 70.1 Å². The van der Waals surface area contributed by atoms with Crippen LogP contribution in [0.3, 0.4) is 0 Å². The standard InChI is InChI=1S/C25H29N6O2P/c1-16(2)30-24(32)22-15-27-25(28-19-9-8-18-14-26-11-10-17(18)12-19)29-23(22)31(30)20-6-5-7-21(13-20)34(3,4)33/h5-9,12-13,15-16,26H,10-11,14H2,1-4H3,(H,27,28,29). The zero-order valence-electron chi connectivity index (χ0n) is 19.9. The van der Waals surface area contributed by atoms with Crippen LogP contribution < -0.4 is 21.5 Å². The van der Waals surface area contributed by atoms with Crippen LogP contribution in [0.4, 0.5) is 11.6 Å². The number of nitrogens with one attached hydrogen (secondary N) is 2. The Bertz CT molecular complexity index is 1500. The molecule has 2 N–H and O–H groups in total. The molecule has 2 aromatic heterocycles. The van der Waals surface area contributed by atoms with Crippen molar-refractivity contribution in [1.29, 1.82) is 0 Å². The zero-order chi connectivity index (χ0) is 24.0. The van der Waals surface area contributed by atoms with Crippen molar-refractivity contribution in [3.63, 3.8) is 0 Å². The Morgan fingerprint density at radius 3 is 2.71 bits per heavy atom. The van der Waals surface area contributed by atoms with Gasteiger partial charge >= 0.3 is 0 Å². The molecule has 0 amide bonds. The molecule has 176 valence electrons. The third-order valence-corrected chi connectivity index (χ3v) is 7.68. The third kappa shape index (κ3) is 4.08. The molecule has 0 bridgehead atoms. The molecule has 0 atom stereocenters. The van der Waals surface area contributed by atoms with E-state index in [2.05, 4.69) is 27.8 Å². The van der Waals surface area contributed by atoms with Crippen LogP contribution in [0, 0.1) is 0 Å². The van der Waals surface area contributed by atoms with E-state index in [1.54, 1.807) is 24.2 Å². The lowest BCUT2D eigenvalue weighted by Crippen LogP contribution is -2.24. The minimum atomic E-state index is -2.47. The van der Waals surface area contributed by atoms with E-state index in [-0.39, 0.29) is 11.6 Å². The summed E-state index contributed by atoms with van der Waals surface area (Å²) >= 11 is 0. The first-order chi connectivity index (χ1) is 16.2. The summed E-state index contributed by atoms with van der Waals surface area (Å²) in [5.41, 5.74) is 4.63. The molecule has 3 heterocycles. The van der Waals surface area contributed by atoms with E-state index in [4.69, 9.17) is 4.98 Å². The van der Waals surface area contributed by atoms with Gasteiger partial charge < -0.3 is 15.2 Å². The molecule has 1 aliphatic heterocycles. The van der Waals surface area contributed by atoms with E-state index >= 15 is 0 Å². The van der Waals surface area contributed by atoms with Crippen molar-refractivity contribution in [2.75, 3.05) is 25.2 Å². The van der Waals surface area contributed by atoms with Crippen LogP contribution in [0.5, 0.6) is 0 Å². The summed E-state index contributed by atoms with van der Waals surface area (Å²) in [6.45, 7) is 9.26. The molecular weight excluding hydrogens is 447 g/mol. The van der Waals surface area contributed by atoms with E-state index in [1.165, 1.54) is 11.1 Å². The molecular formula is C25H29N6O2P. The van der Waals surface area contributed by atoms with Gasteiger partial charge in [0, 0.05) is 29.8 Å². The Labute approximate surface area is 198 Å². The number of nitrogens with zero attached hydrogens (tertiary/aromatic N) is 4. The van der Waals surface area contributed by atoms with E-state index in [9.17, 15) is 9.36 Å². The zero-order valence-corrected chi connectivity index (χ0v) is 20.8. The smallest absolute Gasteiger partial charge is 0.278 e. The molecule has 0 spiro atoms. The summed E-state index contributed by atoms with van der Waals surface area (Å²) in [6.07, 6.45) is 2.57. The van der Waals surface area contributed by atoms with Crippen LogP contribution in [-0.2, 0) is 17.5 Å². The third-order valence-electron chi connectivity index (χ3n) is 6.16. The number of hydrogen-bond donors (Lipinski definition) is 2. The van der Waals surface area contributed by atoms with Gasteiger partial charge in [-0.25, -0.2) is 14.3 Å². The molecule has 0 fully saturated rings. The molecule has 8 nitrogen and oxygen atoms in total. The molecule has 1 aliphatic rings. The van der Waals surface area contributed by atoms with Crippen LogP contribution in [-0.4, -0.2) is 39.2 Å². The van der Waals surface area contributed by atoms with Gasteiger partial charge in [-0.2, -0.15) is 4.98 Å². The van der Waals surface area contributed by atoms with Gasteiger partial charge in [0.05, 0.1) is 5.69 Å². The predicted molar refractivity (Wildman–Crippen MR) is 138 cm³/mol. The molecule has 0 radical (unpaired) electrons. The number of benzene rings is 2. The van der Waals surface area contributed by atoms with E-state index in [0.29, 0.717) is 17.0 Å². The van der Waals surface area contributed by atoms with E-state index in [0.717, 1.165) is 36.2 Å². The maximum atomic E-state index is 13.3. The van der Waals surface area contributed by atoms with Gasteiger partial charge in [-0.15, -0.1) is 0 Å². The highest BCUT2D eigenvalue weighted by Gasteiger charge is 2.21. The second-order valence-corrected chi connectivity index (χ2v) is 12.6. The SMILES string of the molecule is CC(C)n1c(=O)c2cnc(Nc3ccc4c(c3)CCNC4)nc2n1-c1cccc(P(C)(C)=O)c1. The molecule has 0 aliphatic carbocycles. The van der Waals surface area contributed by atoms with Gasteiger partial charge in [0.1, 0.15) is 12.5 Å². The molecule has 9 heteroatoms. The van der Waals surface area contributed by atoms with E-state index in [1.807, 2.05) is 48.9 Å². The molecule has 2 aromatic carbocycles. The minimum Gasteiger partial charge on any atom is -0.324 e. The van der Waals surface area contributed by atoms with Gasteiger partial charge in [-0.1, -0.05) is 18.2 Å². The average Bonchev–Trinajstić information content (AvgIpc) is 3.10. The average molecular weight is 477 g/mol. The van der Waals surface area contributed by atoms with Crippen molar-refractivity contribution in [2.24, 2.45) is 0 Å². The summed E-state index contributed by atoms with van der Waals surface area (Å²) in [6, 6.07) is 13.7. The van der Waals surface area contributed by atoms with Crippen molar-refractivity contribution >= 4 is 35.1 Å². The second-order valence-electron chi connectivity index (χ2n) is 9.39. The molecule has 0 saturated heterocycles. The molecule has 34 heavy (non-hydrogen) atoms. The van der Waals surface area contributed by atoms with Crippen molar-refractivity contribution < 1.29 is 4.57 Å². The van der Waals surface area contributed by atoms with Gasteiger partial charge in [-0.3, -0.25) is 4.79 Å². The Balaban J connectivity index is 1.64. The fraction of sp³-hybridized carbons (Fsp3) is 0.320. The van der Waals surface area contributed by atoms with Gasteiger partial charge in [0.15, 0.2) is 5.65 Å². The fourth-order valence-electron chi connectivity index (χ4n) is 4.42. The lowest BCUT2D eigenvalue weighted by molar-refractivity contribution is 0.476. The summed E-state index contributed by atoms with van der Waals surface area (Å²) in [5.74, 6) is 0.420. The number of anilines is 2. The normalized spacial score (nSPS) is 13.9. The fourth-order valence-corrected chi connectivity index (χ4v) is 5.31. The lowest BCUT2D eigenvalue weighted by atomic mass is 10.0. The Morgan fingerprint density at radius 2 is 1.94 bits per heavy atom. The summed E-state index contributed by atoms with van der Waals surface area (Å²) in [7, 11) is -2.47. The van der Waals surface area contributed by atoms with Crippen LogP contribution in [0.25, 0.3) is 16.7 Å². The first-order valence-corrected chi connectivity index (χ1v) is 14.1. The first kappa shape index (κ1) is 22.6. The summed E-state index contributed by atoms with van der Waals surface area (Å²) in [4.78, 5) is 22.4. The molecule has 0 unspecified atom stereocenters. The summed E-state index contributed by atoms with van der Waals surface area (Å²) < 4.78 is 16.2. The highest BCUT2D eigenvalue weighted by Crippen LogP contribution is 2.35. The summed E-state index contributed by atoms with van der Waals surface area (Å²) in [5, 5.41) is 7.89. The van der Waals surface area contributed by atoms with Crippen molar-refractivity contribution in [3.8, 4) is 5.69 Å². The highest BCUT2D eigenvalue weighted by molar-refractivity contribution is 7.70. The number of hydrogen-bond acceptors (Lipinski definition) is 6. The maximum Gasteiger partial charge on any atom is 0.278 e. The lowest BCUT2D eigenvalue weighted by Gasteiger charge is -2.18. The van der Waals surface area contributed by atoms with Crippen molar-refractivity contribution in [2.45, 2.75) is 32.9 Å². The Hall–Kier alpha value is -3.22. The monoisotopic (exact) mass is 476 g/mol. The van der Waals surface area contributed by atoms with Crippen LogP contribution in [0.1, 0.15) is 31.0 Å². The van der Waals surface area contributed by atoms with Crippen LogP contribution >= 0.6 is 7.14 Å². The number of rotatable bonds is 5. The topological polar surface area (TPSA) is 93.8 Å². The highest BCUT2D eigenvalue weighted by atomic mass is 31.2. The molecule has 0 saturated carbocycles. The number of fused-ring (bicyclic) bond motifs is 2. The molecule has 4 aromatic rings. The Kier molecular flexibility index (Phi) is 5.66. The van der Waals surface area contributed by atoms with Crippen molar-refractivity contribution in [1.82, 2.24) is 24.6 Å². The largest absolute Gasteiger partial charge is 0.324 e.